The number of anilines is 1. The van der Waals surface area contributed by atoms with E-state index in [9.17, 15) is 4.79 Å². The third-order valence-corrected chi connectivity index (χ3v) is 3.35. The largest absolute Gasteiger partial charge is 0.398 e. The van der Waals surface area contributed by atoms with E-state index in [2.05, 4.69) is 19.2 Å². The Kier molecular flexibility index (Phi) is 2.41. The van der Waals surface area contributed by atoms with Crippen LogP contribution in [0.1, 0.15) is 36.2 Å². The first-order chi connectivity index (χ1) is 7.42. The van der Waals surface area contributed by atoms with Crippen LogP contribution in [0.25, 0.3) is 0 Å². The number of nitrogens with two attached hydrogens (primary N) is 1. The highest BCUT2D eigenvalue weighted by Crippen LogP contribution is 2.44. The predicted molar refractivity (Wildman–Crippen MR) is 65.2 cm³/mol. The lowest BCUT2D eigenvalue weighted by Gasteiger charge is -2.11. The predicted octanol–water partition coefficient (Wildman–Crippen LogP) is 2.11. The third-order valence-electron chi connectivity index (χ3n) is 3.35. The Hall–Kier alpha value is -1.51. The average Bonchev–Trinajstić information content (AvgIpc) is 2.72. The molecule has 3 heteroatoms. The number of aryl methyl sites for hydroxylation is 1. The molecule has 0 radical (unpaired) electrons. The smallest absolute Gasteiger partial charge is 0.253 e. The van der Waals surface area contributed by atoms with Crippen LogP contribution >= 0.6 is 0 Å². The number of amides is 1. The molecular weight excluding hydrogens is 200 g/mol. The molecule has 1 saturated carbocycles. The van der Waals surface area contributed by atoms with Gasteiger partial charge in [-0.2, -0.15) is 0 Å². The number of nitrogen functional groups attached to an aromatic ring is 1. The lowest BCUT2D eigenvalue weighted by atomic mass is 10.1. The van der Waals surface area contributed by atoms with E-state index in [1.54, 1.807) is 6.07 Å². The Bertz CT molecular complexity index is 417. The van der Waals surface area contributed by atoms with Crippen LogP contribution in [0.15, 0.2) is 18.2 Å². The van der Waals surface area contributed by atoms with Gasteiger partial charge in [-0.3, -0.25) is 4.79 Å². The van der Waals surface area contributed by atoms with E-state index >= 15 is 0 Å². The minimum atomic E-state index is -0.0498. The van der Waals surface area contributed by atoms with Crippen molar-refractivity contribution in [2.24, 2.45) is 5.41 Å². The van der Waals surface area contributed by atoms with Gasteiger partial charge in [0.15, 0.2) is 0 Å². The molecule has 1 atom stereocenters. The summed E-state index contributed by atoms with van der Waals surface area (Å²) >= 11 is 0. The van der Waals surface area contributed by atoms with Crippen molar-refractivity contribution in [2.75, 3.05) is 5.73 Å². The Morgan fingerprint density at radius 1 is 1.50 bits per heavy atom. The first kappa shape index (κ1) is 11.0. The summed E-state index contributed by atoms with van der Waals surface area (Å²) in [6.07, 6.45) is 1.05. The van der Waals surface area contributed by atoms with Gasteiger partial charge in [0.1, 0.15) is 0 Å². The zero-order chi connectivity index (χ0) is 11.9. The molecule has 0 saturated heterocycles. The molecule has 16 heavy (non-hydrogen) atoms. The van der Waals surface area contributed by atoms with Crippen molar-refractivity contribution in [1.29, 1.82) is 0 Å². The number of nitrogens with one attached hydrogen (secondary N) is 1. The monoisotopic (exact) mass is 218 g/mol. The number of carbonyl (C=O) groups excluding carboxylic acids is 1. The van der Waals surface area contributed by atoms with Crippen LogP contribution in [0, 0.1) is 12.3 Å². The Morgan fingerprint density at radius 3 is 2.62 bits per heavy atom. The summed E-state index contributed by atoms with van der Waals surface area (Å²) < 4.78 is 0. The van der Waals surface area contributed by atoms with Crippen molar-refractivity contribution in [2.45, 2.75) is 33.2 Å². The molecule has 0 aliphatic heterocycles. The van der Waals surface area contributed by atoms with Crippen LogP contribution in [-0.2, 0) is 0 Å². The first-order valence-electron chi connectivity index (χ1n) is 5.58. The van der Waals surface area contributed by atoms with Crippen LogP contribution in [-0.4, -0.2) is 11.9 Å². The van der Waals surface area contributed by atoms with E-state index in [4.69, 9.17) is 5.73 Å². The van der Waals surface area contributed by atoms with Crippen molar-refractivity contribution in [3.63, 3.8) is 0 Å². The highest BCUT2D eigenvalue weighted by Gasteiger charge is 2.46. The standard InChI is InChI=1S/C13H18N2O/c1-8-5-4-6-9(14)11(8)12(16)15-10-7-13(10,2)3/h4-6,10H,7,14H2,1-3H3,(H,15,16). The second-order valence-electron chi connectivity index (χ2n) is 5.26. The van der Waals surface area contributed by atoms with Crippen LogP contribution in [0.4, 0.5) is 5.69 Å². The molecule has 1 aromatic rings. The van der Waals surface area contributed by atoms with Gasteiger partial charge in [-0.25, -0.2) is 0 Å². The first-order valence-corrected chi connectivity index (χ1v) is 5.58. The molecule has 3 N–H and O–H groups in total. The molecule has 3 nitrogen and oxygen atoms in total. The Balaban J connectivity index is 2.16. The highest BCUT2D eigenvalue weighted by atomic mass is 16.1. The number of benzene rings is 1. The average molecular weight is 218 g/mol. The van der Waals surface area contributed by atoms with Crippen molar-refractivity contribution < 1.29 is 4.79 Å². The van der Waals surface area contributed by atoms with Crippen molar-refractivity contribution in [3.05, 3.63) is 29.3 Å². The molecule has 0 spiro atoms. The maximum absolute atomic E-state index is 12.0. The number of carbonyl (C=O) groups is 1. The topological polar surface area (TPSA) is 55.1 Å². The summed E-state index contributed by atoms with van der Waals surface area (Å²) in [6.45, 7) is 6.21. The summed E-state index contributed by atoms with van der Waals surface area (Å²) in [7, 11) is 0. The fourth-order valence-electron chi connectivity index (χ4n) is 1.94. The van der Waals surface area contributed by atoms with Gasteiger partial charge >= 0.3 is 0 Å². The van der Waals surface area contributed by atoms with Gasteiger partial charge < -0.3 is 11.1 Å². The summed E-state index contributed by atoms with van der Waals surface area (Å²) in [5.74, 6) is -0.0498. The summed E-state index contributed by atoms with van der Waals surface area (Å²) in [5, 5.41) is 3.02. The molecule has 1 amide bonds. The number of hydrogen-bond acceptors (Lipinski definition) is 2. The SMILES string of the molecule is Cc1cccc(N)c1C(=O)NC1CC1(C)C. The number of hydrogen-bond donors (Lipinski definition) is 2. The van der Waals surface area contributed by atoms with E-state index in [1.807, 2.05) is 19.1 Å². The van der Waals surface area contributed by atoms with Crippen LogP contribution in [0.5, 0.6) is 0 Å². The zero-order valence-corrected chi connectivity index (χ0v) is 10.0. The van der Waals surface area contributed by atoms with Crippen LogP contribution in [0.2, 0.25) is 0 Å². The Morgan fingerprint density at radius 2 is 2.12 bits per heavy atom. The van der Waals surface area contributed by atoms with E-state index < -0.39 is 0 Å². The fraction of sp³-hybridized carbons (Fsp3) is 0.462. The van der Waals surface area contributed by atoms with E-state index in [1.165, 1.54) is 0 Å². The zero-order valence-electron chi connectivity index (χ0n) is 10.0. The van der Waals surface area contributed by atoms with Gasteiger partial charge in [0.25, 0.3) is 5.91 Å². The lowest BCUT2D eigenvalue weighted by Crippen LogP contribution is -2.29. The van der Waals surface area contributed by atoms with Crippen molar-refractivity contribution in [3.8, 4) is 0 Å². The molecule has 1 unspecified atom stereocenters. The second-order valence-corrected chi connectivity index (χ2v) is 5.26. The third kappa shape index (κ3) is 1.90. The quantitative estimate of drug-likeness (QED) is 0.747. The summed E-state index contributed by atoms with van der Waals surface area (Å²) in [6, 6.07) is 5.82. The summed E-state index contributed by atoms with van der Waals surface area (Å²) in [4.78, 5) is 12.0. The lowest BCUT2D eigenvalue weighted by molar-refractivity contribution is 0.0946. The van der Waals surface area contributed by atoms with E-state index in [0.29, 0.717) is 17.3 Å². The minimum absolute atomic E-state index is 0.0498. The van der Waals surface area contributed by atoms with Crippen LogP contribution in [0.3, 0.4) is 0 Å². The second kappa shape index (κ2) is 3.51. The molecule has 0 aromatic heterocycles. The molecule has 0 bridgehead atoms. The molecular formula is C13H18N2O. The molecule has 1 aromatic carbocycles. The highest BCUT2D eigenvalue weighted by molar-refractivity contribution is 6.00. The van der Waals surface area contributed by atoms with E-state index in [0.717, 1.165) is 12.0 Å². The van der Waals surface area contributed by atoms with Gasteiger partial charge in [-0.15, -0.1) is 0 Å². The normalized spacial score (nSPS) is 21.6. The molecule has 1 fully saturated rings. The van der Waals surface area contributed by atoms with Gasteiger partial charge in [0, 0.05) is 11.7 Å². The molecule has 1 aliphatic rings. The van der Waals surface area contributed by atoms with Gasteiger partial charge in [-0.1, -0.05) is 26.0 Å². The van der Waals surface area contributed by atoms with Gasteiger partial charge in [-0.05, 0) is 30.4 Å². The van der Waals surface area contributed by atoms with Gasteiger partial charge in [0.05, 0.1) is 5.56 Å². The molecule has 1 aliphatic carbocycles. The maximum Gasteiger partial charge on any atom is 0.253 e. The van der Waals surface area contributed by atoms with Gasteiger partial charge in [0.2, 0.25) is 0 Å². The molecule has 0 heterocycles. The minimum Gasteiger partial charge on any atom is -0.398 e. The molecule has 2 rings (SSSR count). The maximum atomic E-state index is 12.0. The van der Waals surface area contributed by atoms with E-state index in [-0.39, 0.29) is 11.3 Å². The van der Waals surface area contributed by atoms with Crippen molar-refractivity contribution in [1.82, 2.24) is 5.32 Å². The fourth-order valence-corrected chi connectivity index (χ4v) is 1.94. The van der Waals surface area contributed by atoms with Crippen LogP contribution < -0.4 is 11.1 Å². The summed E-state index contributed by atoms with van der Waals surface area (Å²) in [5.41, 5.74) is 8.16. The Labute approximate surface area is 96.0 Å². The number of rotatable bonds is 2. The molecule has 86 valence electrons. The van der Waals surface area contributed by atoms with Crippen molar-refractivity contribution >= 4 is 11.6 Å².